The molecule has 1 aromatic heterocycles. The topological polar surface area (TPSA) is 70.7 Å². The molecule has 0 unspecified atom stereocenters. The summed E-state index contributed by atoms with van der Waals surface area (Å²) in [5, 5.41) is 4.93. The summed E-state index contributed by atoms with van der Waals surface area (Å²) in [7, 11) is 3.98. The van der Waals surface area contributed by atoms with E-state index in [2.05, 4.69) is 10.3 Å². The first-order valence-electron chi connectivity index (χ1n) is 9.55. The van der Waals surface area contributed by atoms with Gasteiger partial charge in [0.2, 0.25) is 5.91 Å². The molecule has 0 atom stereocenters. The monoisotopic (exact) mass is 442 g/mol. The Hall–Kier alpha value is -2.83. The van der Waals surface area contributed by atoms with Crippen molar-refractivity contribution in [3.63, 3.8) is 0 Å². The third kappa shape index (κ3) is 6.90. The Morgan fingerprint density at radius 1 is 1.07 bits per heavy atom. The van der Waals surface area contributed by atoms with Crippen LogP contribution in [-0.2, 0) is 11.2 Å². The largest absolute Gasteiger partial charge is 0.383 e. The number of hydrogen-bond acceptors (Lipinski definition) is 4. The molecule has 3 rings (SSSR count). The molecular formula is C23H27ClN4OS. The fraction of sp³-hybridized carbons (Fsp3) is 0.217. The summed E-state index contributed by atoms with van der Waals surface area (Å²) in [6.45, 7) is 0. The summed E-state index contributed by atoms with van der Waals surface area (Å²) < 4.78 is 0. The molecule has 0 aliphatic carbocycles. The predicted octanol–water partition coefficient (Wildman–Crippen LogP) is 5.23. The Morgan fingerprint density at radius 2 is 1.77 bits per heavy atom. The van der Waals surface area contributed by atoms with Gasteiger partial charge in [0.15, 0.2) is 0 Å². The van der Waals surface area contributed by atoms with Crippen molar-refractivity contribution in [1.29, 1.82) is 0 Å². The number of carbonyl (C=O) groups is 1. The lowest BCUT2D eigenvalue weighted by atomic mass is 10.1. The minimum absolute atomic E-state index is 0. The molecule has 7 heteroatoms. The molecule has 3 aromatic rings. The second-order valence-electron chi connectivity index (χ2n) is 6.98. The van der Waals surface area contributed by atoms with Crippen LogP contribution in [0.3, 0.4) is 0 Å². The van der Waals surface area contributed by atoms with Crippen molar-refractivity contribution in [2.24, 2.45) is 10.7 Å². The van der Waals surface area contributed by atoms with Crippen molar-refractivity contribution in [2.75, 3.05) is 24.3 Å². The lowest BCUT2D eigenvalue weighted by Gasteiger charge is -2.13. The van der Waals surface area contributed by atoms with Crippen LogP contribution in [0, 0.1) is 0 Å². The summed E-state index contributed by atoms with van der Waals surface area (Å²) in [5.41, 5.74) is 9.97. The Labute approximate surface area is 188 Å². The maximum Gasteiger partial charge on any atom is 0.224 e. The Balaban J connectivity index is 0.00000320. The third-order valence-corrected chi connectivity index (χ3v) is 5.39. The molecule has 0 spiro atoms. The Morgan fingerprint density at radius 3 is 2.37 bits per heavy atom. The SMILES string of the molecule is CN(C)c1ccc(NC(=O)CCCc2ccc(N=C(N)c3cccs3)cc2)cc1.Cl. The number of nitrogens with one attached hydrogen (secondary N) is 1. The van der Waals surface area contributed by atoms with Gasteiger partial charge < -0.3 is 16.0 Å². The van der Waals surface area contributed by atoms with E-state index in [-0.39, 0.29) is 18.3 Å². The van der Waals surface area contributed by atoms with E-state index in [4.69, 9.17) is 5.73 Å². The van der Waals surface area contributed by atoms with Crippen molar-refractivity contribution in [1.82, 2.24) is 0 Å². The molecule has 0 aliphatic heterocycles. The van der Waals surface area contributed by atoms with Crippen molar-refractivity contribution in [3.8, 4) is 0 Å². The number of halogens is 1. The number of rotatable bonds is 8. The Bertz CT molecular complexity index is 952. The Kier molecular flexibility index (Phi) is 8.89. The number of nitrogens with two attached hydrogens (primary N) is 1. The average Bonchev–Trinajstić information content (AvgIpc) is 3.25. The number of thiophene rings is 1. The highest BCUT2D eigenvalue weighted by Crippen LogP contribution is 2.18. The van der Waals surface area contributed by atoms with Crippen molar-refractivity contribution < 1.29 is 4.79 Å². The highest BCUT2D eigenvalue weighted by Gasteiger charge is 2.04. The average molecular weight is 443 g/mol. The van der Waals surface area contributed by atoms with Crippen molar-refractivity contribution >= 4 is 52.5 Å². The number of benzene rings is 2. The molecule has 1 heterocycles. The van der Waals surface area contributed by atoms with Crippen molar-refractivity contribution in [2.45, 2.75) is 19.3 Å². The molecule has 0 fully saturated rings. The van der Waals surface area contributed by atoms with Crippen LogP contribution < -0.4 is 16.0 Å². The van der Waals surface area contributed by atoms with Gasteiger partial charge in [-0.15, -0.1) is 23.7 Å². The van der Waals surface area contributed by atoms with E-state index in [1.54, 1.807) is 11.3 Å². The maximum absolute atomic E-state index is 12.2. The lowest BCUT2D eigenvalue weighted by Crippen LogP contribution is -2.12. The van der Waals surface area contributed by atoms with E-state index in [9.17, 15) is 4.79 Å². The van der Waals surface area contributed by atoms with Crippen LogP contribution in [0.5, 0.6) is 0 Å². The highest BCUT2D eigenvalue weighted by molar-refractivity contribution is 7.12. The van der Waals surface area contributed by atoms with Gasteiger partial charge >= 0.3 is 0 Å². The van der Waals surface area contributed by atoms with Crippen LogP contribution in [0.15, 0.2) is 71.0 Å². The molecule has 0 aliphatic rings. The highest BCUT2D eigenvalue weighted by atomic mass is 35.5. The van der Waals surface area contributed by atoms with Crippen LogP contribution in [0.25, 0.3) is 0 Å². The predicted molar refractivity (Wildman–Crippen MR) is 131 cm³/mol. The van der Waals surface area contributed by atoms with Crippen molar-refractivity contribution in [3.05, 3.63) is 76.5 Å². The fourth-order valence-corrected chi connectivity index (χ4v) is 3.50. The van der Waals surface area contributed by atoms with Crippen LogP contribution >= 0.6 is 23.7 Å². The minimum Gasteiger partial charge on any atom is -0.383 e. The number of hydrogen-bond donors (Lipinski definition) is 2. The number of anilines is 2. The minimum atomic E-state index is 0. The van der Waals surface area contributed by atoms with Gasteiger partial charge in [0, 0.05) is 31.9 Å². The van der Waals surface area contributed by atoms with E-state index < -0.39 is 0 Å². The van der Waals surface area contributed by atoms with Crippen LogP contribution in [0.2, 0.25) is 0 Å². The van der Waals surface area contributed by atoms with E-state index in [0.29, 0.717) is 12.3 Å². The van der Waals surface area contributed by atoms with Gasteiger partial charge in [0.25, 0.3) is 0 Å². The zero-order valence-electron chi connectivity index (χ0n) is 17.2. The van der Waals surface area contributed by atoms with Gasteiger partial charge in [0.1, 0.15) is 5.84 Å². The summed E-state index contributed by atoms with van der Waals surface area (Å²) in [5.74, 6) is 0.565. The first kappa shape index (κ1) is 23.4. The maximum atomic E-state index is 12.2. The lowest BCUT2D eigenvalue weighted by molar-refractivity contribution is -0.116. The normalized spacial score (nSPS) is 10.9. The summed E-state index contributed by atoms with van der Waals surface area (Å²) >= 11 is 1.57. The number of amidine groups is 1. The first-order chi connectivity index (χ1) is 14.0. The molecule has 0 saturated carbocycles. The van der Waals surface area contributed by atoms with Gasteiger partial charge in [-0.1, -0.05) is 18.2 Å². The summed E-state index contributed by atoms with van der Waals surface area (Å²) in [6, 6.07) is 19.7. The number of aliphatic imine (C=N–C) groups is 1. The van der Waals surface area contributed by atoms with Gasteiger partial charge in [-0.25, -0.2) is 4.99 Å². The molecule has 3 N–H and O–H groups in total. The quantitative estimate of drug-likeness (QED) is 0.370. The first-order valence-corrected chi connectivity index (χ1v) is 10.4. The molecule has 30 heavy (non-hydrogen) atoms. The number of amides is 1. The van der Waals surface area contributed by atoms with E-state index in [0.717, 1.165) is 34.8 Å². The second kappa shape index (κ2) is 11.4. The third-order valence-electron chi connectivity index (χ3n) is 4.50. The van der Waals surface area contributed by atoms with Crippen LogP contribution in [0.4, 0.5) is 17.1 Å². The molecule has 2 aromatic carbocycles. The van der Waals surface area contributed by atoms with E-state index >= 15 is 0 Å². The zero-order chi connectivity index (χ0) is 20.6. The molecular weight excluding hydrogens is 416 g/mol. The molecule has 158 valence electrons. The molecule has 0 bridgehead atoms. The standard InChI is InChI=1S/C23H26N4OS.ClH/c1-27(2)20-14-12-18(13-15-20)25-22(28)7-3-5-17-8-10-19(11-9-17)26-23(24)21-6-4-16-29-21;/h4,6,8-16H,3,5,7H2,1-2H3,(H2,24,26)(H,25,28);1H. The summed E-state index contributed by atoms with van der Waals surface area (Å²) in [4.78, 5) is 19.6. The van der Waals surface area contributed by atoms with Gasteiger partial charge in [-0.2, -0.15) is 0 Å². The molecule has 0 radical (unpaired) electrons. The molecule has 1 amide bonds. The molecule has 5 nitrogen and oxygen atoms in total. The van der Waals surface area contributed by atoms with E-state index in [1.165, 1.54) is 5.56 Å². The smallest absolute Gasteiger partial charge is 0.224 e. The number of aryl methyl sites for hydroxylation is 1. The number of carbonyl (C=O) groups excluding carboxylic acids is 1. The second-order valence-corrected chi connectivity index (χ2v) is 7.93. The number of nitrogens with zero attached hydrogens (tertiary/aromatic N) is 2. The molecule has 0 saturated heterocycles. The fourth-order valence-electron chi connectivity index (χ4n) is 2.88. The van der Waals surface area contributed by atoms with E-state index in [1.807, 2.05) is 85.0 Å². The van der Waals surface area contributed by atoms with Gasteiger partial charge in [-0.05, 0) is 66.2 Å². The van der Waals surface area contributed by atoms with Gasteiger partial charge in [-0.3, -0.25) is 4.79 Å². The van der Waals surface area contributed by atoms with Gasteiger partial charge in [0.05, 0.1) is 10.6 Å². The zero-order valence-corrected chi connectivity index (χ0v) is 18.8. The van der Waals surface area contributed by atoms with Crippen LogP contribution in [0.1, 0.15) is 23.3 Å². The summed E-state index contributed by atoms with van der Waals surface area (Å²) in [6.07, 6.45) is 2.12. The van der Waals surface area contributed by atoms with Crippen LogP contribution in [-0.4, -0.2) is 25.8 Å².